The number of rotatable bonds is 6. The highest BCUT2D eigenvalue weighted by molar-refractivity contribution is 5.94. The van der Waals surface area contributed by atoms with Gasteiger partial charge in [0.1, 0.15) is 17.2 Å². The average Bonchev–Trinajstić information content (AvgIpc) is 3.14. The highest BCUT2D eigenvalue weighted by Crippen LogP contribution is 2.20. The molecule has 2 aromatic rings. The van der Waals surface area contributed by atoms with Gasteiger partial charge in [0.25, 0.3) is 5.91 Å². The van der Waals surface area contributed by atoms with Crippen molar-refractivity contribution in [3.05, 3.63) is 65.2 Å². The quantitative estimate of drug-likeness (QED) is 0.806. The van der Waals surface area contributed by atoms with E-state index in [9.17, 15) is 13.6 Å². The van der Waals surface area contributed by atoms with Crippen LogP contribution in [-0.4, -0.2) is 25.5 Å². The molecule has 0 atom stereocenters. The van der Waals surface area contributed by atoms with Gasteiger partial charge in [-0.3, -0.25) is 4.79 Å². The van der Waals surface area contributed by atoms with E-state index in [1.54, 1.807) is 0 Å². The van der Waals surface area contributed by atoms with Crippen molar-refractivity contribution in [1.82, 2.24) is 5.32 Å². The first kappa shape index (κ1) is 17.4. The van der Waals surface area contributed by atoms with E-state index in [1.807, 2.05) is 0 Å². The Labute approximate surface area is 146 Å². The standard InChI is InChI=1S/C20H22F2N2O/c21-17-6-3-7-18(22)19(17)20(25)23-12-4-5-15-8-10-16(11-9-15)24-13-1-2-14-24/h3,6-11H,1-2,4-5,12-14H2,(H,23,25). The van der Waals surface area contributed by atoms with E-state index in [2.05, 4.69) is 34.5 Å². The number of hydrogen-bond acceptors (Lipinski definition) is 2. The molecule has 1 N–H and O–H groups in total. The molecule has 2 aromatic carbocycles. The molecule has 1 saturated heterocycles. The summed E-state index contributed by atoms with van der Waals surface area (Å²) in [4.78, 5) is 14.3. The van der Waals surface area contributed by atoms with Gasteiger partial charge < -0.3 is 10.2 Å². The number of aryl methyl sites for hydroxylation is 1. The summed E-state index contributed by atoms with van der Waals surface area (Å²) in [7, 11) is 0. The van der Waals surface area contributed by atoms with Crippen LogP contribution < -0.4 is 10.2 Å². The number of benzene rings is 2. The number of carbonyl (C=O) groups excluding carboxylic acids is 1. The van der Waals surface area contributed by atoms with E-state index < -0.39 is 23.1 Å². The fourth-order valence-electron chi connectivity index (χ4n) is 3.15. The minimum absolute atomic E-state index is 0.375. The van der Waals surface area contributed by atoms with E-state index in [4.69, 9.17) is 0 Å². The SMILES string of the molecule is O=C(NCCCc1ccc(N2CCCC2)cc1)c1c(F)cccc1F. The minimum Gasteiger partial charge on any atom is -0.372 e. The number of nitrogens with zero attached hydrogens (tertiary/aromatic N) is 1. The maximum atomic E-state index is 13.5. The number of carbonyl (C=O) groups is 1. The zero-order valence-corrected chi connectivity index (χ0v) is 14.1. The molecule has 1 heterocycles. The summed E-state index contributed by atoms with van der Waals surface area (Å²) >= 11 is 0. The monoisotopic (exact) mass is 344 g/mol. The molecule has 0 radical (unpaired) electrons. The predicted molar refractivity (Wildman–Crippen MR) is 94.9 cm³/mol. The summed E-state index contributed by atoms with van der Waals surface area (Å²) in [6.07, 6.45) is 4.03. The lowest BCUT2D eigenvalue weighted by Gasteiger charge is -2.17. The third-order valence-electron chi connectivity index (χ3n) is 4.53. The molecule has 0 unspecified atom stereocenters. The lowest BCUT2D eigenvalue weighted by molar-refractivity contribution is 0.0945. The van der Waals surface area contributed by atoms with Crippen LogP contribution in [0.5, 0.6) is 0 Å². The van der Waals surface area contributed by atoms with Gasteiger partial charge in [0, 0.05) is 25.3 Å². The number of halogens is 2. The summed E-state index contributed by atoms with van der Waals surface area (Å²) in [5.41, 5.74) is 1.93. The molecule has 1 amide bonds. The van der Waals surface area contributed by atoms with Gasteiger partial charge in [0.2, 0.25) is 0 Å². The second-order valence-corrected chi connectivity index (χ2v) is 6.32. The molecule has 0 saturated carbocycles. The van der Waals surface area contributed by atoms with Gasteiger partial charge in [-0.05, 0) is 55.5 Å². The fraction of sp³-hybridized carbons (Fsp3) is 0.350. The Morgan fingerprint density at radius 2 is 1.64 bits per heavy atom. The maximum absolute atomic E-state index is 13.5. The number of anilines is 1. The molecule has 3 rings (SSSR count). The maximum Gasteiger partial charge on any atom is 0.257 e. The largest absolute Gasteiger partial charge is 0.372 e. The number of amides is 1. The van der Waals surface area contributed by atoms with Crippen molar-refractivity contribution in [2.24, 2.45) is 0 Å². The van der Waals surface area contributed by atoms with Crippen molar-refractivity contribution >= 4 is 11.6 Å². The van der Waals surface area contributed by atoms with Gasteiger partial charge in [-0.2, -0.15) is 0 Å². The molecule has 1 aliphatic heterocycles. The molecule has 5 heteroatoms. The normalized spacial score (nSPS) is 13.9. The molecular weight excluding hydrogens is 322 g/mol. The van der Waals surface area contributed by atoms with Crippen molar-refractivity contribution in [3.63, 3.8) is 0 Å². The van der Waals surface area contributed by atoms with E-state index in [0.717, 1.165) is 31.6 Å². The van der Waals surface area contributed by atoms with E-state index in [1.165, 1.54) is 30.2 Å². The van der Waals surface area contributed by atoms with Crippen molar-refractivity contribution in [1.29, 1.82) is 0 Å². The van der Waals surface area contributed by atoms with Crippen LogP contribution in [0.15, 0.2) is 42.5 Å². The van der Waals surface area contributed by atoms with Crippen LogP contribution in [-0.2, 0) is 6.42 Å². The summed E-state index contributed by atoms with van der Waals surface area (Å²) in [6.45, 7) is 2.62. The zero-order chi connectivity index (χ0) is 17.6. The molecule has 132 valence electrons. The second kappa shape index (κ2) is 8.10. The Kier molecular flexibility index (Phi) is 5.64. The van der Waals surface area contributed by atoms with Crippen molar-refractivity contribution in [2.45, 2.75) is 25.7 Å². The van der Waals surface area contributed by atoms with Gasteiger partial charge in [0.15, 0.2) is 0 Å². The first-order valence-electron chi connectivity index (χ1n) is 8.71. The van der Waals surface area contributed by atoms with Crippen LogP contribution in [0.2, 0.25) is 0 Å². The summed E-state index contributed by atoms with van der Waals surface area (Å²) in [5.74, 6) is -2.38. The van der Waals surface area contributed by atoms with Crippen molar-refractivity contribution in [2.75, 3.05) is 24.5 Å². The van der Waals surface area contributed by atoms with Crippen LogP contribution in [0.1, 0.15) is 35.2 Å². The molecule has 25 heavy (non-hydrogen) atoms. The Morgan fingerprint density at radius 3 is 2.28 bits per heavy atom. The number of hydrogen-bond donors (Lipinski definition) is 1. The highest BCUT2D eigenvalue weighted by Gasteiger charge is 2.16. The number of nitrogens with one attached hydrogen (secondary N) is 1. The van der Waals surface area contributed by atoms with Gasteiger partial charge >= 0.3 is 0 Å². The molecule has 0 aliphatic carbocycles. The zero-order valence-electron chi connectivity index (χ0n) is 14.1. The van der Waals surface area contributed by atoms with Crippen molar-refractivity contribution < 1.29 is 13.6 Å². The lowest BCUT2D eigenvalue weighted by atomic mass is 10.1. The molecule has 0 bridgehead atoms. The first-order chi connectivity index (χ1) is 12.1. The van der Waals surface area contributed by atoms with Crippen molar-refractivity contribution in [3.8, 4) is 0 Å². The summed E-state index contributed by atoms with van der Waals surface area (Å²) in [5, 5.41) is 2.58. The topological polar surface area (TPSA) is 32.3 Å². The fourth-order valence-corrected chi connectivity index (χ4v) is 3.15. The molecule has 1 aliphatic rings. The molecule has 1 fully saturated rings. The summed E-state index contributed by atoms with van der Waals surface area (Å²) < 4.78 is 27.1. The molecule has 0 spiro atoms. The average molecular weight is 344 g/mol. The highest BCUT2D eigenvalue weighted by atomic mass is 19.1. The smallest absolute Gasteiger partial charge is 0.257 e. The van der Waals surface area contributed by atoms with Crippen LogP contribution in [0.4, 0.5) is 14.5 Å². The van der Waals surface area contributed by atoms with Gasteiger partial charge in [0.05, 0.1) is 0 Å². The van der Waals surface area contributed by atoms with E-state index in [-0.39, 0.29) is 0 Å². The van der Waals surface area contributed by atoms with Crippen LogP contribution in [0, 0.1) is 11.6 Å². The van der Waals surface area contributed by atoms with Gasteiger partial charge in [-0.25, -0.2) is 8.78 Å². The van der Waals surface area contributed by atoms with Gasteiger partial charge in [-0.1, -0.05) is 18.2 Å². The Balaban J connectivity index is 1.46. The van der Waals surface area contributed by atoms with E-state index >= 15 is 0 Å². The predicted octanol–water partition coefficient (Wildman–Crippen LogP) is 3.93. The minimum atomic E-state index is -0.838. The lowest BCUT2D eigenvalue weighted by Crippen LogP contribution is -2.26. The van der Waals surface area contributed by atoms with E-state index in [0.29, 0.717) is 13.0 Å². The van der Waals surface area contributed by atoms with Gasteiger partial charge in [-0.15, -0.1) is 0 Å². The molecule has 3 nitrogen and oxygen atoms in total. The molecular formula is C20H22F2N2O. The third kappa shape index (κ3) is 4.35. The Bertz CT molecular complexity index is 705. The Hall–Kier alpha value is -2.43. The van der Waals surface area contributed by atoms with Crippen LogP contribution in [0.3, 0.4) is 0 Å². The Morgan fingerprint density at radius 1 is 1.00 bits per heavy atom. The summed E-state index contributed by atoms with van der Waals surface area (Å²) in [6, 6.07) is 11.9. The second-order valence-electron chi connectivity index (χ2n) is 6.32. The first-order valence-corrected chi connectivity index (χ1v) is 8.71. The van der Waals surface area contributed by atoms with Crippen LogP contribution in [0.25, 0.3) is 0 Å². The molecule has 0 aromatic heterocycles. The third-order valence-corrected chi connectivity index (χ3v) is 4.53. The van der Waals surface area contributed by atoms with Crippen LogP contribution >= 0.6 is 0 Å².